The number of fused-ring (bicyclic) bond motifs is 3. The van der Waals surface area contributed by atoms with Crippen LogP contribution in [0.4, 0.5) is 0 Å². The first kappa shape index (κ1) is 26.7. The predicted molar refractivity (Wildman–Crippen MR) is 176 cm³/mol. The van der Waals surface area contributed by atoms with E-state index in [0.717, 1.165) is 41.9 Å². The minimum atomic E-state index is -0.0994. The minimum absolute atomic E-state index is 0.0994. The van der Waals surface area contributed by atoms with E-state index < -0.39 is 0 Å². The first-order valence-corrected chi connectivity index (χ1v) is 20.1. The third-order valence-corrected chi connectivity index (χ3v) is 20.4. The van der Waals surface area contributed by atoms with Crippen molar-refractivity contribution in [2.24, 2.45) is 73.9 Å². The molecule has 3 unspecified atom stereocenters. The standard InChI is InChI=1S/C42H56N2O2/c1-36-18-23(20-43(3)22-36)14-25-26(36)6-10-38-19-30-28(17-27(25)38)41(30)13-12-40(46-34(38)41)21-39-11-7-31-37(2)8-5-9-42(31)32(39)16-24(40)15-29(39)33(42)44(4)35(37)45/h17,23-24,28-34H,5-16,18-22H2,1-4H3/t23-,24-,28+,29?,30?,31+,32+,33?,34-,36-,37+,38+,39+,40-,41+,42-/m0/s1. The number of ether oxygens (including phenoxy) is 1. The van der Waals surface area contributed by atoms with E-state index in [1.165, 1.54) is 103 Å². The second kappa shape index (κ2) is 7.33. The van der Waals surface area contributed by atoms with Crippen LogP contribution in [0.1, 0.15) is 110 Å². The monoisotopic (exact) mass is 620 g/mol. The molecule has 8 saturated carbocycles. The zero-order valence-corrected chi connectivity index (χ0v) is 29.0. The third-order valence-electron chi connectivity index (χ3n) is 20.4. The molecule has 3 saturated heterocycles. The van der Waals surface area contributed by atoms with Crippen molar-refractivity contribution in [3.63, 3.8) is 0 Å². The summed E-state index contributed by atoms with van der Waals surface area (Å²) in [6.07, 6.45) is 23.8. The van der Waals surface area contributed by atoms with Crippen LogP contribution in [0.15, 0.2) is 22.8 Å². The number of rotatable bonds is 0. The summed E-state index contributed by atoms with van der Waals surface area (Å²) in [6, 6.07) is 0.515. The van der Waals surface area contributed by atoms with Gasteiger partial charge in [0.1, 0.15) is 0 Å². The lowest BCUT2D eigenvalue weighted by Crippen LogP contribution is -2.69. The molecule has 246 valence electrons. The predicted octanol–water partition coefficient (Wildman–Crippen LogP) is 7.39. The second-order valence-electron chi connectivity index (χ2n) is 21.3. The number of piperidine rings is 2. The third kappa shape index (κ3) is 2.38. The summed E-state index contributed by atoms with van der Waals surface area (Å²) in [5.41, 5.74) is 7.62. The molecule has 4 nitrogen and oxygen atoms in total. The molecular formula is C42H56N2O2. The summed E-state index contributed by atoms with van der Waals surface area (Å²) >= 11 is 0. The highest BCUT2D eigenvalue weighted by molar-refractivity contribution is 5.85. The number of hydrogen-bond donors (Lipinski definition) is 0. The Hall–Kier alpha value is -1.13. The number of hydrogen-bond acceptors (Lipinski definition) is 3. The molecule has 46 heavy (non-hydrogen) atoms. The van der Waals surface area contributed by atoms with Gasteiger partial charge in [0.2, 0.25) is 5.91 Å². The first-order chi connectivity index (χ1) is 22.0. The topological polar surface area (TPSA) is 32.8 Å². The van der Waals surface area contributed by atoms with Gasteiger partial charge < -0.3 is 14.5 Å². The quantitative estimate of drug-likeness (QED) is 0.283. The van der Waals surface area contributed by atoms with Crippen LogP contribution >= 0.6 is 0 Å². The molecule has 3 heterocycles. The lowest BCUT2D eigenvalue weighted by atomic mass is 9.38. The zero-order chi connectivity index (χ0) is 30.6. The Morgan fingerprint density at radius 3 is 2.72 bits per heavy atom. The highest BCUT2D eigenvalue weighted by atomic mass is 16.5. The van der Waals surface area contributed by atoms with Crippen LogP contribution in [-0.2, 0) is 9.53 Å². The fourth-order valence-electron chi connectivity index (χ4n) is 19.8. The molecule has 3 aliphatic heterocycles. The van der Waals surface area contributed by atoms with Gasteiger partial charge in [0, 0.05) is 47.8 Å². The Balaban J connectivity index is 0.896. The number of carbonyl (C=O) groups excluding carboxylic acids is 1. The molecule has 12 aliphatic carbocycles. The smallest absolute Gasteiger partial charge is 0.228 e. The van der Waals surface area contributed by atoms with Gasteiger partial charge in [-0.25, -0.2) is 0 Å². The molecule has 15 rings (SSSR count). The average molecular weight is 621 g/mol. The van der Waals surface area contributed by atoms with Crippen molar-refractivity contribution < 1.29 is 9.53 Å². The molecule has 1 amide bonds. The summed E-state index contributed by atoms with van der Waals surface area (Å²) in [4.78, 5) is 19.2. The van der Waals surface area contributed by atoms with Crippen molar-refractivity contribution in [3.05, 3.63) is 22.8 Å². The van der Waals surface area contributed by atoms with E-state index in [-0.39, 0.29) is 11.0 Å². The molecule has 5 spiro atoms. The van der Waals surface area contributed by atoms with Gasteiger partial charge in [-0.2, -0.15) is 0 Å². The minimum Gasteiger partial charge on any atom is -0.370 e. The first-order valence-electron chi connectivity index (χ1n) is 20.1. The number of nitrogens with zero attached hydrogens (tertiary/aromatic N) is 2. The van der Waals surface area contributed by atoms with Crippen LogP contribution in [-0.4, -0.2) is 60.6 Å². The summed E-state index contributed by atoms with van der Waals surface area (Å²) < 4.78 is 8.17. The molecule has 16 atom stereocenters. The fourth-order valence-corrected chi connectivity index (χ4v) is 19.8. The SMILES string of the molecule is CN1C[C@H]2CC3=C(CC[C@@]45CC6[C@@H](C=C34)[C@]63CC[C@@]4(C[C@]67CC[C@H]8[C@]9%10CCC[C@@]8(C)C(=O)N(C)C9C6C[C@H]4C[C@H]7%10)O[C@@H]53)[C@@](C)(C2)C1. The number of carbonyl (C=O) groups is 1. The lowest BCUT2D eigenvalue weighted by molar-refractivity contribution is -0.283. The Morgan fingerprint density at radius 2 is 1.83 bits per heavy atom. The van der Waals surface area contributed by atoms with Crippen LogP contribution in [0, 0.1) is 73.9 Å². The zero-order valence-electron chi connectivity index (χ0n) is 29.0. The van der Waals surface area contributed by atoms with Gasteiger partial charge in [-0.3, -0.25) is 4.79 Å². The molecule has 11 fully saturated rings. The van der Waals surface area contributed by atoms with Crippen LogP contribution in [0.5, 0.6) is 0 Å². The van der Waals surface area contributed by atoms with Crippen molar-refractivity contribution in [1.29, 1.82) is 0 Å². The maximum atomic E-state index is 14.1. The van der Waals surface area contributed by atoms with E-state index in [1.807, 2.05) is 16.7 Å². The maximum absolute atomic E-state index is 14.1. The van der Waals surface area contributed by atoms with Gasteiger partial charge in [0.15, 0.2) is 0 Å². The Labute approximate surface area is 276 Å². The van der Waals surface area contributed by atoms with Crippen molar-refractivity contribution in [1.82, 2.24) is 9.80 Å². The summed E-state index contributed by atoms with van der Waals surface area (Å²) in [5.74, 6) is 6.01. The van der Waals surface area contributed by atoms with Crippen molar-refractivity contribution in [3.8, 4) is 0 Å². The number of allylic oxidation sites excluding steroid dienone is 2. The Kier molecular flexibility index (Phi) is 4.26. The van der Waals surface area contributed by atoms with Crippen molar-refractivity contribution in [2.75, 3.05) is 27.2 Å². The lowest BCUT2D eigenvalue weighted by Gasteiger charge is -2.69. The van der Waals surface area contributed by atoms with Gasteiger partial charge in [-0.15, -0.1) is 0 Å². The van der Waals surface area contributed by atoms with Gasteiger partial charge in [0.25, 0.3) is 0 Å². The summed E-state index contributed by atoms with van der Waals surface area (Å²) in [7, 11) is 4.61. The summed E-state index contributed by atoms with van der Waals surface area (Å²) in [5, 5.41) is 0. The maximum Gasteiger partial charge on any atom is 0.228 e. The molecule has 15 aliphatic rings. The molecule has 0 radical (unpaired) electrons. The van der Waals surface area contributed by atoms with Crippen LogP contribution in [0.3, 0.4) is 0 Å². The van der Waals surface area contributed by atoms with Gasteiger partial charge >= 0.3 is 0 Å². The average Bonchev–Trinajstić information content (AvgIpc) is 3.57. The fraction of sp³-hybridized carbons (Fsp3) is 0.881. The van der Waals surface area contributed by atoms with E-state index in [9.17, 15) is 4.79 Å². The van der Waals surface area contributed by atoms with Crippen molar-refractivity contribution >= 4 is 5.91 Å². The van der Waals surface area contributed by atoms with Gasteiger partial charge in [-0.05, 0) is 160 Å². The molecule has 0 aromatic carbocycles. The molecule has 0 aromatic heterocycles. The van der Waals surface area contributed by atoms with Gasteiger partial charge in [-0.1, -0.05) is 31.9 Å². The van der Waals surface area contributed by atoms with Gasteiger partial charge in [0.05, 0.1) is 11.7 Å². The molecule has 0 N–H and O–H groups in total. The number of amides is 1. The van der Waals surface area contributed by atoms with E-state index in [1.54, 1.807) is 0 Å². The molecule has 4 heteroatoms. The highest BCUT2D eigenvalue weighted by Crippen LogP contribution is 2.88. The molecular weight excluding hydrogens is 564 g/mol. The summed E-state index contributed by atoms with van der Waals surface area (Å²) in [6.45, 7) is 7.57. The van der Waals surface area contributed by atoms with E-state index >= 15 is 0 Å². The van der Waals surface area contributed by atoms with Crippen molar-refractivity contribution in [2.45, 2.75) is 128 Å². The Bertz CT molecular complexity index is 1630. The Morgan fingerprint density at radius 1 is 0.935 bits per heavy atom. The molecule has 0 aromatic rings. The molecule has 12 bridgehead atoms. The van der Waals surface area contributed by atoms with Crippen LogP contribution in [0.25, 0.3) is 0 Å². The van der Waals surface area contributed by atoms with Crippen LogP contribution < -0.4 is 0 Å². The second-order valence-corrected chi connectivity index (χ2v) is 21.3. The van der Waals surface area contributed by atoms with E-state index in [4.69, 9.17) is 4.74 Å². The number of likely N-dealkylation sites (tertiary alicyclic amines) is 2. The van der Waals surface area contributed by atoms with E-state index in [2.05, 4.69) is 43.8 Å². The van der Waals surface area contributed by atoms with E-state index in [0.29, 0.717) is 51.0 Å². The normalized spacial score (nSPS) is 65.5. The highest BCUT2D eigenvalue weighted by Gasteiger charge is 2.87. The van der Waals surface area contributed by atoms with Crippen LogP contribution in [0.2, 0.25) is 0 Å². The largest absolute Gasteiger partial charge is 0.370 e.